The molecule has 0 radical (unpaired) electrons. The maximum atomic E-state index is 13.5. The molecule has 176 valence electrons. The second kappa shape index (κ2) is 12.7. The number of hydrogen-bond donors (Lipinski definition) is 1. The largest absolute Gasteiger partial charge is 0.249 e. The highest BCUT2D eigenvalue weighted by Gasteiger charge is 2.27. The lowest BCUT2D eigenvalue weighted by molar-refractivity contribution is 0.524. The van der Waals surface area contributed by atoms with Crippen molar-refractivity contribution < 1.29 is 8.42 Å². The zero-order chi connectivity index (χ0) is 23.8. The number of nitrogens with one attached hydrogen (secondary N) is 1. The summed E-state index contributed by atoms with van der Waals surface area (Å²) in [7, 11) is -2.60. The van der Waals surface area contributed by atoms with Crippen molar-refractivity contribution in [3.63, 3.8) is 0 Å². The molecule has 0 aliphatic carbocycles. The Labute approximate surface area is 207 Å². The number of benzene rings is 3. The van der Waals surface area contributed by atoms with Crippen molar-refractivity contribution in [1.82, 2.24) is 4.72 Å². The van der Waals surface area contributed by atoms with E-state index in [2.05, 4.69) is 24.0 Å². The van der Waals surface area contributed by atoms with Gasteiger partial charge in [0.05, 0.1) is 15.7 Å². The fourth-order valence-electron chi connectivity index (χ4n) is 3.74. The summed E-state index contributed by atoms with van der Waals surface area (Å²) in [4.78, 5) is 2.40. The van der Waals surface area contributed by atoms with Gasteiger partial charge in [-0.15, -0.1) is 0 Å². The maximum Gasteiger partial charge on any atom is 0.125 e. The summed E-state index contributed by atoms with van der Waals surface area (Å²) in [5, 5.41) is 0.0246. The first-order chi connectivity index (χ1) is 15.9. The highest BCUT2D eigenvalue weighted by atomic mass is 32.2. The Balaban J connectivity index is 1.93. The van der Waals surface area contributed by atoms with Gasteiger partial charge in [-0.3, -0.25) is 0 Å². The maximum absolute atomic E-state index is 13.5. The van der Waals surface area contributed by atoms with Crippen molar-refractivity contribution in [1.29, 1.82) is 0 Å². The Bertz CT molecular complexity index is 1080. The second-order valence-electron chi connectivity index (χ2n) is 8.22. The van der Waals surface area contributed by atoms with Crippen LogP contribution in [0.15, 0.2) is 87.5 Å². The lowest BCUT2D eigenvalue weighted by Gasteiger charge is -2.28. The van der Waals surface area contributed by atoms with E-state index in [0.717, 1.165) is 50.6 Å². The van der Waals surface area contributed by atoms with Gasteiger partial charge in [-0.05, 0) is 62.4 Å². The molecule has 0 bridgehead atoms. The fraction of sp³-hybridized carbons (Fsp3) is 0.333. The minimum absolute atomic E-state index is 0.0155. The third kappa shape index (κ3) is 6.89. The molecular formula is C27H33NO2S3. The molecule has 1 N–H and O–H groups in total. The standard InChI is InChI=1S/C27H33NO2S3/c1-5-6-10-25(28-33(30)23-18-14-21(3)15-19-23)27(31-4)24-9-7-8-11-26(24)32(29)22-16-12-20(2)13-17-22/h7-9,11-19,25,27-28H,5-6,10H2,1-4H3/t25-,27+,32?,33?/m1/s1. The molecule has 0 aliphatic rings. The topological polar surface area (TPSA) is 46.2 Å². The molecule has 3 aromatic carbocycles. The highest BCUT2D eigenvalue weighted by Crippen LogP contribution is 2.37. The van der Waals surface area contributed by atoms with E-state index in [1.807, 2.05) is 80.6 Å². The van der Waals surface area contributed by atoms with E-state index in [4.69, 9.17) is 0 Å². The molecule has 3 aromatic rings. The Morgan fingerprint density at radius 1 is 0.848 bits per heavy atom. The number of aryl methyl sites for hydroxylation is 2. The third-order valence-corrected chi connectivity index (χ3v) is 9.42. The van der Waals surface area contributed by atoms with Crippen LogP contribution in [0.3, 0.4) is 0 Å². The Hall–Kier alpha value is -1.73. The van der Waals surface area contributed by atoms with E-state index >= 15 is 0 Å². The quantitative estimate of drug-likeness (QED) is 0.318. The lowest BCUT2D eigenvalue weighted by Crippen LogP contribution is -2.35. The number of rotatable bonds is 11. The molecule has 4 atom stereocenters. The first-order valence-electron chi connectivity index (χ1n) is 11.3. The zero-order valence-corrected chi connectivity index (χ0v) is 22.2. The molecule has 0 spiro atoms. The zero-order valence-electron chi connectivity index (χ0n) is 19.7. The third-order valence-electron chi connectivity index (χ3n) is 5.64. The molecule has 6 heteroatoms. The van der Waals surface area contributed by atoms with E-state index < -0.39 is 21.8 Å². The van der Waals surface area contributed by atoms with Crippen LogP contribution in [0.5, 0.6) is 0 Å². The predicted molar refractivity (Wildman–Crippen MR) is 143 cm³/mol. The molecule has 0 amide bonds. The Morgan fingerprint density at radius 2 is 1.42 bits per heavy atom. The summed E-state index contributed by atoms with van der Waals surface area (Å²) >= 11 is 1.72. The van der Waals surface area contributed by atoms with E-state index in [-0.39, 0.29) is 11.3 Å². The molecular weight excluding hydrogens is 467 g/mol. The first kappa shape index (κ1) is 25.9. The van der Waals surface area contributed by atoms with Gasteiger partial charge in [0.15, 0.2) is 0 Å². The van der Waals surface area contributed by atoms with E-state index in [9.17, 15) is 8.42 Å². The first-order valence-corrected chi connectivity index (χ1v) is 14.9. The average Bonchev–Trinajstić information content (AvgIpc) is 2.83. The van der Waals surface area contributed by atoms with Crippen LogP contribution in [0, 0.1) is 13.8 Å². The van der Waals surface area contributed by atoms with Gasteiger partial charge in [0.2, 0.25) is 0 Å². The molecule has 2 unspecified atom stereocenters. The Morgan fingerprint density at radius 3 is 2.00 bits per heavy atom. The molecule has 0 saturated carbocycles. The van der Waals surface area contributed by atoms with Gasteiger partial charge in [-0.1, -0.05) is 73.4 Å². The van der Waals surface area contributed by atoms with Gasteiger partial charge in [-0.25, -0.2) is 13.1 Å². The SMILES string of the molecule is CCCC[C@@H](NS(=O)c1ccc(C)cc1)[C@@H](SC)c1ccccc1S(=O)c1ccc(C)cc1. The molecule has 0 aromatic heterocycles. The fourth-order valence-corrected chi connectivity index (χ4v) is 7.19. The lowest BCUT2D eigenvalue weighted by atomic mass is 10.0. The summed E-state index contributed by atoms with van der Waals surface area (Å²) in [5.41, 5.74) is 3.33. The van der Waals surface area contributed by atoms with Crippen molar-refractivity contribution in [3.8, 4) is 0 Å². The number of hydrogen-bond acceptors (Lipinski definition) is 3. The van der Waals surface area contributed by atoms with Crippen molar-refractivity contribution in [2.24, 2.45) is 0 Å². The van der Waals surface area contributed by atoms with Gasteiger partial charge in [-0.2, -0.15) is 11.8 Å². The van der Waals surface area contributed by atoms with Gasteiger partial charge < -0.3 is 0 Å². The summed E-state index contributed by atoms with van der Waals surface area (Å²) in [6.45, 7) is 6.23. The summed E-state index contributed by atoms with van der Waals surface area (Å²) in [5.74, 6) is 0. The van der Waals surface area contributed by atoms with Crippen molar-refractivity contribution in [2.45, 2.75) is 66.0 Å². The molecule has 3 nitrogen and oxygen atoms in total. The van der Waals surface area contributed by atoms with Crippen LogP contribution in [0.25, 0.3) is 0 Å². The normalized spacial score (nSPS) is 15.0. The molecule has 0 aliphatic heterocycles. The summed E-state index contributed by atoms with van der Waals surface area (Å²) in [6.07, 6.45) is 5.06. The number of thioether (sulfide) groups is 1. The molecule has 3 rings (SSSR count). The summed E-state index contributed by atoms with van der Waals surface area (Å²) < 4.78 is 30.1. The van der Waals surface area contributed by atoms with E-state index in [0.29, 0.717) is 0 Å². The van der Waals surface area contributed by atoms with Crippen molar-refractivity contribution >= 4 is 33.5 Å². The van der Waals surface area contributed by atoms with E-state index in [1.54, 1.807) is 11.8 Å². The van der Waals surface area contributed by atoms with Crippen molar-refractivity contribution in [3.05, 3.63) is 89.5 Å². The van der Waals surface area contributed by atoms with Crippen LogP contribution < -0.4 is 4.72 Å². The minimum atomic E-state index is -1.32. The van der Waals surface area contributed by atoms with Crippen LogP contribution in [-0.4, -0.2) is 20.7 Å². The minimum Gasteiger partial charge on any atom is -0.249 e. The monoisotopic (exact) mass is 499 g/mol. The highest BCUT2D eigenvalue weighted by molar-refractivity contribution is 7.99. The second-order valence-corrected chi connectivity index (χ2v) is 11.9. The van der Waals surface area contributed by atoms with Crippen LogP contribution >= 0.6 is 11.8 Å². The molecule has 0 fully saturated rings. The molecule has 0 saturated heterocycles. The van der Waals surface area contributed by atoms with Gasteiger partial charge >= 0.3 is 0 Å². The summed E-state index contributed by atoms with van der Waals surface area (Å²) in [6, 6.07) is 23.7. The molecule has 33 heavy (non-hydrogen) atoms. The van der Waals surface area contributed by atoms with E-state index in [1.165, 1.54) is 0 Å². The number of unbranched alkanes of at least 4 members (excludes halogenated alkanes) is 1. The Kier molecular flexibility index (Phi) is 9.93. The van der Waals surface area contributed by atoms with Gasteiger partial charge in [0, 0.05) is 21.1 Å². The molecule has 0 heterocycles. The van der Waals surface area contributed by atoms with Gasteiger partial charge in [0.25, 0.3) is 0 Å². The average molecular weight is 500 g/mol. The van der Waals surface area contributed by atoms with Crippen LogP contribution in [0.4, 0.5) is 0 Å². The van der Waals surface area contributed by atoms with Crippen molar-refractivity contribution in [2.75, 3.05) is 6.26 Å². The van der Waals surface area contributed by atoms with Gasteiger partial charge in [0.1, 0.15) is 11.0 Å². The van der Waals surface area contributed by atoms with Crippen LogP contribution in [0.2, 0.25) is 0 Å². The van der Waals surface area contributed by atoms with Crippen LogP contribution in [-0.2, 0) is 21.8 Å². The van der Waals surface area contributed by atoms with Crippen LogP contribution in [0.1, 0.15) is 48.1 Å². The predicted octanol–water partition coefficient (Wildman–Crippen LogP) is 6.75. The smallest absolute Gasteiger partial charge is 0.125 e.